The summed E-state index contributed by atoms with van der Waals surface area (Å²) in [5, 5.41) is 12.2. The van der Waals surface area contributed by atoms with E-state index in [4.69, 9.17) is 5.26 Å². The van der Waals surface area contributed by atoms with E-state index in [1.807, 2.05) is 16.7 Å². The Morgan fingerprint density at radius 1 is 1.20 bits per heavy atom. The molecule has 1 unspecified atom stereocenters. The summed E-state index contributed by atoms with van der Waals surface area (Å²) in [6.45, 7) is 1.46. The predicted molar refractivity (Wildman–Crippen MR) is 108 cm³/mol. The van der Waals surface area contributed by atoms with E-state index in [0.717, 1.165) is 11.3 Å². The zero-order chi connectivity index (χ0) is 20.9. The highest BCUT2D eigenvalue weighted by Crippen LogP contribution is 2.16. The average molecular weight is 400 g/mol. The molecule has 1 aromatic carbocycles. The Hall–Kier alpha value is -3.83. The molecule has 3 heterocycles. The lowest BCUT2D eigenvalue weighted by atomic mass is 10.1. The molecule has 8 nitrogen and oxygen atoms in total. The number of imidazole rings is 1. The number of carbonyl (C=O) groups excluding carboxylic acids is 2. The second-order valence-electron chi connectivity index (χ2n) is 7.08. The van der Waals surface area contributed by atoms with Gasteiger partial charge in [0.15, 0.2) is 0 Å². The molecule has 1 N–H and O–H groups in total. The fraction of sp³-hybridized carbons (Fsp3) is 0.227. The van der Waals surface area contributed by atoms with Gasteiger partial charge in [0.25, 0.3) is 5.91 Å². The minimum atomic E-state index is -0.413. The number of benzene rings is 1. The van der Waals surface area contributed by atoms with Gasteiger partial charge in [0.2, 0.25) is 5.91 Å². The summed E-state index contributed by atoms with van der Waals surface area (Å²) in [5.74, 6) is -0.537. The Morgan fingerprint density at radius 2 is 2.03 bits per heavy atom. The van der Waals surface area contributed by atoms with Crippen LogP contribution >= 0.6 is 0 Å². The van der Waals surface area contributed by atoms with Crippen LogP contribution < -0.4 is 5.32 Å². The first-order valence-corrected chi connectivity index (χ1v) is 9.63. The summed E-state index contributed by atoms with van der Waals surface area (Å²) in [6.07, 6.45) is 7.12. The SMILES string of the molecule is N#Cc1ccc(Cn2cncc2CNC2CCN(C(=O)c3cccnc3)C2=O)cc1. The molecule has 0 aliphatic carbocycles. The maximum Gasteiger partial charge on any atom is 0.262 e. The number of nitrogens with zero attached hydrogens (tertiary/aromatic N) is 5. The minimum Gasteiger partial charge on any atom is -0.329 e. The van der Waals surface area contributed by atoms with Gasteiger partial charge in [-0.3, -0.25) is 19.5 Å². The van der Waals surface area contributed by atoms with Crippen molar-refractivity contribution in [1.82, 2.24) is 24.8 Å². The summed E-state index contributed by atoms with van der Waals surface area (Å²) >= 11 is 0. The summed E-state index contributed by atoms with van der Waals surface area (Å²) in [7, 11) is 0. The lowest BCUT2D eigenvalue weighted by Crippen LogP contribution is -2.40. The van der Waals surface area contributed by atoms with Gasteiger partial charge in [-0.2, -0.15) is 5.26 Å². The number of aromatic nitrogens is 3. The smallest absolute Gasteiger partial charge is 0.262 e. The fourth-order valence-electron chi connectivity index (χ4n) is 3.46. The maximum atomic E-state index is 12.7. The zero-order valence-corrected chi connectivity index (χ0v) is 16.2. The molecule has 0 spiro atoms. The number of imide groups is 1. The van der Waals surface area contributed by atoms with E-state index in [1.54, 1.807) is 43.0 Å². The molecule has 150 valence electrons. The monoisotopic (exact) mass is 400 g/mol. The minimum absolute atomic E-state index is 0.220. The van der Waals surface area contributed by atoms with Gasteiger partial charge in [-0.25, -0.2) is 4.98 Å². The summed E-state index contributed by atoms with van der Waals surface area (Å²) < 4.78 is 1.99. The van der Waals surface area contributed by atoms with Gasteiger partial charge in [0.05, 0.1) is 35.3 Å². The Kier molecular flexibility index (Phi) is 5.63. The second-order valence-corrected chi connectivity index (χ2v) is 7.08. The van der Waals surface area contributed by atoms with Crippen LogP contribution in [-0.2, 0) is 17.9 Å². The van der Waals surface area contributed by atoms with E-state index in [0.29, 0.717) is 37.2 Å². The normalized spacial score (nSPS) is 15.9. The number of amides is 2. The van der Waals surface area contributed by atoms with Crippen LogP contribution in [0.3, 0.4) is 0 Å². The van der Waals surface area contributed by atoms with Crippen molar-refractivity contribution < 1.29 is 9.59 Å². The third-order valence-corrected chi connectivity index (χ3v) is 5.12. The molecule has 0 radical (unpaired) electrons. The van der Waals surface area contributed by atoms with Crippen LogP contribution in [0, 0.1) is 11.3 Å². The van der Waals surface area contributed by atoms with Crippen LogP contribution in [0.15, 0.2) is 61.3 Å². The molecule has 1 saturated heterocycles. The van der Waals surface area contributed by atoms with Gasteiger partial charge in [0, 0.05) is 38.2 Å². The molecule has 2 amide bonds. The fourth-order valence-corrected chi connectivity index (χ4v) is 3.46. The van der Waals surface area contributed by atoms with Crippen molar-refractivity contribution in [3.05, 3.63) is 83.7 Å². The molecular weight excluding hydrogens is 380 g/mol. The molecular formula is C22H20N6O2. The van der Waals surface area contributed by atoms with E-state index in [2.05, 4.69) is 21.4 Å². The van der Waals surface area contributed by atoms with Crippen LogP contribution in [0.1, 0.15) is 33.6 Å². The Labute approximate surface area is 173 Å². The molecule has 8 heteroatoms. The van der Waals surface area contributed by atoms with Crippen LogP contribution in [0.4, 0.5) is 0 Å². The summed E-state index contributed by atoms with van der Waals surface area (Å²) in [4.78, 5) is 34.7. The number of nitriles is 1. The number of carbonyl (C=O) groups is 2. The molecule has 0 saturated carbocycles. The van der Waals surface area contributed by atoms with Crippen molar-refractivity contribution in [1.29, 1.82) is 5.26 Å². The maximum absolute atomic E-state index is 12.7. The first kappa shape index (κ1) is 19.5. The molecule has 1 aliphatic rings. The van der Waals surface area contributed by atoms with Gasteiger partial charge in [-0.15, -0.1) is 0 Å². The van der Waals surface area contributed by atoms with Gasteiger partial charge in [-0.1, -0.05) is 12.1 Å². The zero-order valence-electron chi connectivity index (χ0n) is 16.2. The third-order valence-electron chi connectivity index (χ3n) is 5.12. The van der Waals surface area contributed by atoms with Crippen molar-refractivity contribution in [2.24, 2.45) is 0 Å². The second kappa shape index (κ2) is 8.68. The van der Waals surface area contributed by atoms with Crippen molar-refractivity contribution >= 4 is 11.8 Å². The van der Waals surface area contributed by atoms with Crippen molar-refractivity contribution in [3.8, 4) is 6.07 Å². The molecule has 30 heavy (non-hydrogen) atoms. The highest BCUT2D eigenvalue weighted by Gasteiger charge is 2.35. The molecule has 3 aromatic rings. The standard InChI is InChI=1S/C22H20N6O2/c23-10-16-3-5-17(6-4-16)14-27-15-25-12-19(27)13-26-20-7-9-28(22(20)30)21(29)18-2-1-8-24-11-18/h1-6,8,11-12,15,20,26H,7,9,13-14H2. The van der Waals surface area contributed by atoms with Crippen molar-refractivity contribution in [3.63, 3.8) is 0 Å². The number of rotatable bonds is 6. The van der Waals surface area contributed by atoms with Crippen LogP contribution in [0.25, 0.3) is 0 Å². The Balaban J connectivity index is 1.36. The number of hydrogen-bond donors (Lipinski definition) is 1. The van der Waals surface area contributed by atoms with Crippen LogP contribution in [-0.4, -0.2) is 43.8 Å². The number of pyridine rings is 1. The van der Waals surface area contributed by atoms with Gasteiger partial charge >= 0.3 is 0 Å². The number of likely N-dealkylation sites (tertiary alicyclic amines) is 1. The first-order valence-electron chi connectivity index (χ1n) is 9.63. The third kappa shape index (κ3) is 4.11. The summed E-state index contributed by atoms with van der Waals surface area (Å²) in [5.41, 5.74) is 3.02. The lowest BCUT2D eigenvalue weighted by molar-refractivity contribution is -0.127. The van der Waals surface area contributed by atoms with Gasteiger partial charge in [0.1, 0.15) is 0 Å². The van der Waals surface area contributed by atoms with Crippen molar-refractivity contribution in [2.45, 2.75) is 25.6 Å². The highest BCUT2D eigenvalue weighted by atomic mass is 16.2. The molecule has 2 aromatic heterocycles. The van der Waals surface area contributed by atoms with Gasteiger partial charge < -0.3 is 9.88 Å². The molecule has 1 atom stereocenters. The van der Waals surface area contributed by atoms with E-state index < -0.39 is 6.04 Å². The summed E-state index contributed by atoms with van der Waals surface area (Å²) in [6, 6.07) is 12.4. The lowest BCUT2D eigenvalue weighted by Gasteiger charge is -2.16. The van der Waals surface area contributed by atoms with Crippen LogP contribution in [0.2, 0.25) is 0 Å². The van der Waals surface area contributed by atoms with Crippen molar-refractivity contribution in [2.75, 3.05) is 6.54 Å². The van der Waals surface area contributed by atoms with E-state index >= 15 is 0 Å². The molecule has 0 bridgehead atoms. The van der Waals surface area contributed by atoms with E-state index in [9.17, 15) is 9.59 Å². The number of nitrogens with one attached hydrogen (secondary N) is 1. The topological polar surface area (TPSA) is 104 Å². The Bertz CT molecular complexity index is 1080. The quantitative estimate of drug-likeness (QED) is 0.632. The Morgan fingerprint density at radius 3 is 2.77 bits per heavy atom. The predicted octanol–water partition coefficient (Wildman–Crippen LogP) is 1.73. The van der Waals surface area contributed by atoms with E-state index in [-0.39, 0.29) is 11.8 Å². The first-order chi connectivity index (χ1) is 14.7. The van der Waals surface area contributed by atoms with Gasteiger partial charge in [-0.05, 0) is 36.2 Å². The number of hydrogen-bond acceptors (Lipinski definition) is 6. The average Bonchev–Trinajstić information content (AvgIpc) is 3.39. The largest absolute Gasteiger partial charge is 0.329 e. The molecule has 1 fully saturated rings. The van der Waals surface area contributed by atoms with Crippen LogP contribution in [0.5, 0.6) is 0 Å². The molecule has 1 aliphatic heterocycles. The highest BCUT2D eigenvalue weighted by molar-refractivity contribution is 6.07. The van der Waals surface area contributed by atoms with E-state index in [1.165, 1.54) is 11.1 Å². The molecule has 4 rings (SSSR count).